The number of carboxylic acids is 1. The van der Waals surface area contributed by atoms with E-state index < -0.39 is 5.97 Å². The molecule has 3 rings (SSSR count). The van der Waals surface area contributed by atoms with E-state index in [1.165, 1.54) is 0 Å². The number of para-hydroxylation sites is 2. The molecule has 90 valence electrons. The smallest absolute Gasteiger partial charge is 0.323 e. The van der Waals surface area contributed by atoms with Crippen molar-refractivity contribution >= 4 is 29.4 Å². The first-order chi connectivity index (χ1) is 7.75. The molecule has 5 heteroatoms. The summed E-state index contributed by atoms with van der Waals surface area (Å²) in [4.78, 5) is 15.4. The standard InChI is InChI=1S/C12H12N2O2.ClH/c15-11(16)7-14-10-4-2-1-3-9(10)13-12(14)8-5-6-8;/h1-4,8H,5-7H2,(H,15,16);1H. The Labute approximate surface area is 105 Å². The second kappa shape index (κ2) is 4.37. The van der Waals surface area contributed by atoms with Crippen LogP contribution in [0.2, 0.25) is 0 Å². The Hall–Kier alpha value is -1.55. The molecule has 1 saturated carbocycles. The molecule has 0 amide bonds. The van der Waals surface area contributed by atoms with Gasteiger partial charge in [0, 0.05) is 5.92 Å². The average Bonchev–Trinajstić information content (AvgIpc) is 3.03. The van der Waals surface area contributed by atoms with Gasteiger partial charge in [-0.15, -0.1) is 12.4 Å². The van der Waals surface area contributed by atoms with E-state index in [9.17, 15) is 4.79 Å². The van der Waals surface area contributed by atoms with Crippen molar-refractivity contribution in [1.29, 1.82) is 0 Å². The van der Waals surface area contributed by atoms with Crippen molar-refractivity contribution < 1.29 is 9.90 Å². The molecule has 0 bridgehead atoms. The highest BCUT2D eigenvalue weighted by Gasteiger charge is 2.29. The Morgan fingerprint density at radius 1 is 1.41 bits per heavy atom. The molecule has 1 heterocycles. The zero-order valence-electron chi connectivity index (χ0n) is 9.17. The van der Waals surface area contributed by atoms with Gasteiger partial charge in [-0.25, -0.2) is 4.98 Å². The van der Waals surface area contributed by atoms with Gasteiger partial charge >= 0.3 is 5.97 Å². The molecule has 1 aromatic carbocycles. The fourth-order valence-corrected chi connectivity index (χ4v) is 2.05. The quantitative estimate of drug-likeness (QED) is 0.913. The first-order valence-electron chi connectivity index (χ1n) is 5.42. The van der Waals surface area contributed by atoms with Gasteiger partial charge in [0.25, 0.3) is 0 Å². The Kier molecular flexibility index (Phi) is 3.07. The summed E-state index contributed by atoms with van der Waals surface area (Å²) in [5.41, 5.74) is 1.82. The number of rotatable bonds is 3. The summed E-state index contributed by atoms with van der Waals surface area (Å²) in [5, 5.41) is 8.92. The first-order valence-corrected chi connectivity index (χ1v) is 5.42. The minimum atomic E-state index is -0.815. The molecule has 4 nitrogen and oxygen atoms in total. The SMILES string of the molecule is Cl.O=C(O)Cn1c(C2CC2)nc2ccccc21. The number of aromatic nitrogens is 2. The summed E-state index contributed by atoms with van der Waals surface area (Å²) in [7, 11) is 0. The zero-order chi connectivity index (χ0) is 11.1. The van der Waals surface area contributed by atoms with E-state index in [4.69, 9.17) is 5.11 Å². The van der Waals surface area contributed by atoms with Crippen LogP contribution in [0.25, 0.3) is 11.0 Å². The molecule has 1 N–H and O–H groups in total. The normalized spacial score (nSPS) is 14.6. The summed E-state index contributed by atoms with van der Waals surface area (Å²) in [5.74, 6) is 0.584. The van der Waals surface area contributed by atoms with Crippen LogP contribution in [-0.2, 0) is 11.3 Å². The predicted molar refractivity (Wildman–Crippen MR) is 66.6 cm³/mol. The lowest BCUT2D eigenvalue weighted by Gasteiger charge is -2.04. The largest absolute Gasteiger partial charge is 0.480 e. The van der Waals surface area contributed by atoms with E-state index in [1.807, 2.05) is 28.8 Å². The summed E-state index contributed by atoms with van der Waals surface area (Å²) in [6.45, 7) is 0.00630. The van der Waals surface area contributed by atoms with Gasteiger partial charge in [-0.2, -0.15) is 0 Å². The average molecular weight is 253 g/mol. The third-order valence-electron chi connectivity index (χ3n) is 2.92. The van der Waals surface area contributed by atoms with Crippen molar-refractivity contribution in [3.05, 3.63) is 30.1 Å². The van der Waals surface area contributed by atoms with Gasteiger partial charge in [-0.3, -0.25) is 4.79 Å². The number of hydrogen-bond acceptors (Lipinski definition) is 2. The van der Waals surface area contributed by atoms with Crippen LogP contribution in [0.1, 0.15) is 24.6 Å². The summed E-state index contributed by atoms with van der Waals surface area (Å²) >= 11 is 0. The van der Waals surface area contributed by atoms with Gasteiger partial charge in [-0.05, 0) is 25.0 Å². The second-order valence-electron chi connectivity index (χ2n) is 4.21. The molecular formula is C12H13ClN2O2. The fraction of sp³-hybridized carbons (Fsp3) is 0.333. The number of halogens is 1. The van der Waals surface area contributed by atoms with E-state index in [-0.39, 0.29) is 19.0 Å². The van der Waals surface area contributed by atoms with Gasteiger partial charge in [0.2, 0.25) is 0 Å². The lowest BCUT2D eigenvalue weighted by molar-refractivity contribution is -0.137. The maximum atomic E-state index is 10.9. The summed E-state index contributed by atoms with van der Waals surface area (Å²) < 4.78 is 1.83. The molecule has 17 heavy (non-hydrogen) atoms. The number of nitrogens with zero attached hydrogens (tertiary/aromatic N) is 2. The number of carboxylic acid groups (broad SMARTS) is 1. The molecule has 0 radical (unpaired) electrons. The molecule has 2 aromatic rings. The van der Waals surface area contributed by atoms with E-state index in [0.29, 0.717) is 5.92 Å². The highest BCUT2D eigenvalue weighted by atomic mass is 35.5. The van der Waals surface area contributed by atoms with Gasteiger partial charge in [-0.1, -0.05) is 12.1 Å². The Morgan fingerprint density at radius 3 is 2.76 bits per heavy atom. The topological polar surface area (TPSA) is 55.1 Å². The third-order valence-corrected chi connectivity index (χ3v) is 2.92. The number of imidazole rings is 1. The Bertz CT molecular complexity index is 561. The highest BCUT2D eigenvalue weighted by Crippen LogP contribution is 2.40. The Balaban J connectivity index is 0.00000108. The lowest BCUT2D eigenvalue weighted by atomic mass is 10.3. The van der Waals surface area contributed by atoms with Crippen molar-refractivity contribution in [2.75, 3.05) is 0 Å². The van der Waals surface area contributed by atoms with Crippen LogP contribution >= 0.6 is 12.4 Å². The molecule has 1 aliphatic rings. The molecular weight excluding hydrogens is 240 g/mol. The van der Waals surface area contributed by atoms with E-state index in [0.717, 1.165) is 29.7 Å². The minimum absolute atomic E-state index is 0. The van der Waals surface area contributed by atoms with Crippen LogP contribution in [0.4, 0.5) is 0 Å². The maximum Gasteiger partial charge on any atom is 0.323 e. The third kappa shape index (κ3) is 2.13. The maximum absolute atomic E-state index is 10.9. The van der Waals surface area contributed by atoms with E-state index in [2.05, 4.69) is 4.98 Å². The monoisotopic (exact) mass is 252 g/mol. The predicted octanol–water partition coefficient (Wildman–Crippen LogP) is 2.42. The van der Waals surface area contributed by atoms with E-state index >= 15 is 0 Å². The molecule has 0 spiro atoms. The molecule has 1 aliphatic carbocycles. The molecule has 0 saturated heterocycles. The zero-order valence-corrected chi connectivity index (χ0v) is 9.98. The highest BCUT2D eigenvalue weighted by molar-refractivity contribution is 5.85. The van der Waals surface area contributed by atoms with Crippen LogP contribution in [0.5, 0.6) is 0 Å². The van der Waals surface area contributed by atoms with Crippen LogP contribution in [0, 0.1) is 0 Å². The van der Waals surface area contributed by atoms with Gasteiger partial charge < -0.3 is 9.67 Å². The minimum Gasteiger partial charge on any atom is -0.480 e. The Morgan fingerprint density at radius 2 is 2.12 bits per heavy atom. The van der Waals surface area contributed by atoms with Crippen LogP contribution in [-0.4, -0.2) is 20.6 Å². The number of aliphatic carboxylic acids is 1. The first kappa shape index (κ1) is 11.9. The van der Waals surface area contributed by atoms with Crippen LogP contribution < -0.4 is 0 Å². The summed E-state index contributed by atoms with van der Waals surface area (Å²) in [6, 6.07) is 7.70. The number of fused-ring (bicyclic) bond motifs is 1. The molecule has 0 atom stereocenters. The number of carbonyl (C=O) groups is 1. The van der Waals surface area contributed by atoms with Crippen molar-refractivity contribution in [3.63, 3.8) is 0 Å². The molecule has 1 fully saturated rings. The van der Waals surface area contributed by atoms with Crippen molar-refractivity contribution in [3.8, 4) is 0 Å². The molecule has 1 aromatic heterocycles. The summed E-state index contributed by atoms with van der Waals surface area (Å²) in [6.07, 6.45) is 2.26. The van der Waals surface area contributed by atoms with Crippen molar-refractivity contribution in [2.24, 2.45) is 0 Å². The number of hydrogen-bond donors (Lipinski definition) is 1. The van der Waals surface area contributed by atoms with Gasteiger partial charge in [0.15, 0.2) is 0 Å². The van der Waals surface area contributed by atoms with Gasteiger partial charge in [0.05, 0.1) is 11.0 Å². The van der Waals surface area contributed by atoms with Crippen molar-refractivity contribution in [2.45, 2.75) is 25.3 Å². The number of benzene rings is 1. The fourth-order valence-electron chi connectivity index (χ4n) is 2.05. The van der Waals surface area contributed by atoms with Crippen LogP contribution in [0.3, 0.4) is 0 Å². The molecule has 0 aliphatic heterocycles. The molecule has 0 unspecified atom stereocenters. The van der Waals surface area contributed by atoms with Gasteiger partial charge in [0.1, 0.15) is 12.4 Å². The van der Waals surface area contributed by atoms with E-state index in [1.54, 1.807) is 0 Å². The van der Waals surface area contributed by atoms with Crippen LogP contribution in [0.15, 0.2) is 24.3 Å². The van der Waals surface area contributed by atoms with Crippen molar-refractivity contribution in [1.82, 2.24) is 9.55 Å². The second-order valence-corrected chi connectivity index (χ2v) is 4.21. The lowest BCUT2D eigenvalue weighted by Crippen LogP contribution is -2.11.